The molecule has 1 rings (SSSR count). The molecule has 2 unspecified atom stereocenters. The number of rotatable bonds is 4. The normalized spacial score (nSPS) is 14.7. The van der Waals surface area contributed by atoms with E-state index in [1.807, 2.05) is 6.07 Å². The molecule has 0 aliphatic carbocycles. The van der Waals surface area contributed by atoms with E-state index in [9.17, 15) is 10.2 Å². The average Bonchev–Trinajstić information content (AvgIpc) is 2.27. The highest BCUT2D eigenvalue weighted by Gasteiger charge is 2.20. The van der Waals surface area contributed by atoms with Crippen molar-refractivity contribution in [2.75, 3.05) is 12.9 Å². The van der Waals surface area contributed by atoms with Gasteiger partial charge in [-0.05, 0) is 18.2 Å². The second-order valence-corrected chi connectivity index (χ2v) is 4.36. The predicted octanol–water partition coefficient (Wildman–Crippen LogP) is 1.78. The van der Waals surface area contributed by atoms with Crippen molar-refractivity contribution in [3.05, 3.63) is 28.2 Å². The molecule has 0 spiro atoms. The fraction of sp³-hybridized carbons (Fsp3) is 0.400. The van der Waals surface area contributed by atoms with Crippen LogP contribution in [-0.2, 0) is 0 Å². The van der Waals surface area contributed by atoms with Gasteiger partial charge in [0.2, 0.25) is 0 Å². The van der Waals surface area contributed by atoms with Gasteiger partial charge in [0, 0.05) is 15.8 Å². The van der Waals surface area contributed by atoms with Gasteiger partial charge in [0.25, 0.3) is 0 Å². The highest BCUT2D eigenvalue weighted by Crippen LogP contribution is 2.30. The standard InChI is InChI=1S/C10H13BrO3S/c1-14-9-3-2-6(11)4-7(9)10(13)8(12)5-15/h2-4,8,10,12-13,15H,5H2,1H3. The summed E-state index contributed by atoms with van der Waals surface area (Å²) in [6.07, 6.45) is -1.90. The van der Waals surface area contributed by atoms with Gasteiger partial charge in [-0.2, -0.15) is 12.6 Å². The maximum atomic E-state index is 9.83. The van der Waals surface area contributed by atoms with Crippen LogP contribution in [0.2, 0.25) is 0 Å². The lowest BCUT2D eigenvalue weighted by molar-refractivity contribution is 0.0322. The Hall–Kier alpha value is -0.230. The fourth-order valence-electron chi connectivity index (χ4n) is 1.24. The lowest BCUT2D eigenvalue weighted by atomic mass is 10.0. The summed E-state index contributed by atoms with van der Waals surface area (Å²) in [7, 11) is 1.52. The first-order chi connectivity index (χ1) is 7.10. The number of hydrogen-bond acceptors (Lipinski definition) is 4. The molecule has 1 aromatic carbocycles. The highest BCUT2D eigenvalue weighted by atomic mass is 79.9. The molecule has 0 fully saturated rings. The number of thiol groups is 1. The molecular formula is C10H13BrO3S. The van der Waals surface area contributed by atoms with E-state index in [4.69, 9.17) is 4.74 Å². The molecule has 2 atom stereocenters. The van der Waals surface area contributed by atoms with Crippen LogP contribution < -0.4 is 4.74 Å². The Balaban J connectivity index is 3.05. The molecular weight excluding hydrogens is 280 g/mol. The summed E-state index contributed by atoms with van der Waals surface area (Å²) in [5.41, 5.74) is 0.549. The number of halogens is 1. The SMILES string of the molecule is COc1ccc(Br)cc1C(O)C(O)CS. The third-order valence-corrected chi connectivity index (χ3v) is 2.93. The molecule has 2 N–H and O–H groups in total. The number of benzene rings is 1. The smallest absolute Gasteiger partial charge is 0.124 e. The van der Waals surface area contributed by atoms with Gasteiger partial charge in [-0.1, -0.05) is 15.9 Å². The monoisotopic (exact) mass is 292 g/mol. The summed E-state index contributed by atoms with van der Waals surface area (Å²) in [6.45, 7) is 0. The van der Waals surface area contributed by atoms with Crippen molar-refractivity contribution in [3.63, 3.8) is 0 Å². The van der Waals surface area contributed by atoms with Crippen LogP contribution in [0.3, 0.4) is 0 Å². The molecule has 0 heterocycles. The highest BCUT2D eigenvalue weighted by molar-refractivity contribution is 9.10. The van der Waals surface area contributed by atoms with Crippen molar-refractivity contribution in [2.45, 2.75) is 12.2 Å². The third-order valence-electron chi connectivity index (χ3n) is 2.06. The Morgan fingerprint density at radius 1 is 1.47 bits per heavy atom. The largest absolute Gasteiger partial charge is 0.496 e. The summed E-state index contributed by atoms with van der Waals surface area (Å²) >= 11 is 7.23. The van der Waals surface area contributed by atoms with E-state index in [1.165, 1.54) is 7.11 Å². The first-order valence-corrected chi connectivity index (χ1v) is 5.83. The topological polar surface area (TPSA) is 49.7 Å². The van der Waals surface area contributed by atoms with Gasteiger partial charge in [-0.15, -0.1) is 0 Å². The van der Waals surface area contributed by atoms with Crippen molar-refractivity contribution in [2.24, 2.45) is 0 Å². The predicted molar refractivity (Wildman–Crippen MR) is 65.5 cm³/mol. The summed E-state index contributed by atoms with van der Waals surface area (Å²) in [5.74, 6) is 0.739. The molecule has 15 heavy (non-hydrogen) atoms. The quantitative estimate of drug-likeness (QED) is 0.742. The Kier molecular flexibility index (Phi) is 4.92. The summed E-state index contributed by atoms with van der Waals surface area (Å²) in [5, 5.41) is 19.3. The van der Waals surface area contributed by atoms with Gasteiger partial charge in [-0.3, -0.25) is 0 Å². The minimum absolute atomic E-state index is 0.191. The minimum atomic E-state index is -0.991. The maximum absolute atomic E-state index is 9.83. The minimum Gasteiger partial charge on any atom is -0.496 e. The number of methoxy groups -OCH3 is 1. The van der Waals surface area contributed by atoms with Gasteiger partial charge >= 0.3 is 0 Å². The number of aliphatic hydroxyl groups is 2. The Morgan fingerprint density at radius 3 is 2.67 bits per heavy atom. The van der Waals surface area contributed by atoms with E-state index in [1.54, 1.807) is 12.1 Å². The lowest BCUT2D eigenvalue weighted by Gasteiger charge is -2.18. The van der Waals surface area contributed by atoms with Gasteiger partial charge in [0.05, 0.1) is 13.2 Å². The average molecular weight is 293 g/mol. The van der Waals surface area contributed by atoms with Gasteiger partial charge < -0.3 is 14.9 Å². The molecule has 84 valence electrons. The first-order valence-electron chi connectivity index (χ1n) is 4.40. The molecule has 0 bridgehead atoms. The molecule has 5 heteroatoms. The molecule has 0 radical (unpaired) electrons. The van der Waals surface area contributed by atoms with Crippen LogP contribution in [0.5, 0.6) is 5.75 Å². The Bertz CT molecular complexity index is 332. The van der Waals surface area contributed by atoms with Crippen LogP contribution in [0.1, 0.15) is 11.7 Å². The molecule has 0 saturated carbocycles. The van der Waals surface area contributed by atoms with Crippen LogP contribution in [0, 0.1) is 0 Å². The molecule has 3 nitrogen and oxygen atoms in total. The second kappa shape index (κ2) is 5.75. The zero-order chi connectivity index (χ0) is 11.4. The van der Waals surface area contributed by atoms with Crippen molar-refractivity contribution >= 4 is 28.6 Å². The van der Waals surface area contributed by atoms with Crippen molar-refractivity contribution in [1.29, 1.82) is 0 Å². The summed E-state index contributed by atoms with van der Waals surface area (Å²) < 4.78 is 5.92. The van der Waals surface area contributed by atoms with Gasteiger partial charge in [0.1, 0.15) is 11.9 Å². The molecule has 0 amide bonds. The summed E-state index contributed by atoms with van der Waals surface area (Å²) in [6, 6.07) is 5.26. The zero-order valence-electron chi connectivity index (χ0n) is 8.22. The van der Waals surface area contributed by atoms with E-state index in [2.05, 4.69) is 28.6 Å². The van der Waals surface area contributed by atoms with Crippen molar-refractivity contribution in [3.8, 4) is 5.75 Å². The van der Waals surface area contributed by atoms with Crippen LogP contribution in [-0.4, -0.2) is 29.2 Å². The van der Waals surface area contributed by atoms with E-state index < -0.39 is 12.2 Å². The number of aliphatic hydroxyl groups excluding tert-OH is 2. The maximum Gasteiger partial charge on any atom is 0.124 e. The van der Waals surface area contributed by atoms with E-state index in [0.717, 1.165) is 4.47 Å². The van der Waals surface area contributed by atoms with Gasteiger partial charge in [0.15, 0.2) is 0 Å². The molecule has 0 aliphatic rings. The third kappa shape index (κ3) is 3.11. The summed E-state index contributed by atoms with van der Waals surface area (Å²) in [4.78, 5) is 0. The van der Waals surface area contributed by atoms with Crippen LogP contribution in [0.4, 0.5) is 0 Å². The number of hydrogen-bond donors (Lipinski definition) is 3. The Labute approximate surface area is 103 Å². The molecule has 0 saturated heterocycles. The van der Waals surface area contributed by atoms with Crippen molar-refractivity contribution < 1.29 is 14.9 Å². The molecule has 1 aromatic rings. The van der Waals surface area contributed by atoms with E-state index in [-0.39, 0.29) is 5.75 Å². The zero-order valence-corrected chi connectivity index (χ0v) is 10.7. The number of ether oxygens (including phenoxy) is 1. The van der Waals surface area contributed by atoms with E-state index >= 15 is 0 Å². The van der Waals surface area contributed by atoms with Crippen LogP contribution >= 0.6 is 28.6 Å². The second-order valence-electron chi connectivity index (χ2n) is 3.08. The fourth-order valence-corrected chi connectivity index (χ4v) is 1.82. The molecule has 0 aromatic heterocycles. The van der Waals surface area contributed by atoms with Gasteiger partial charge in [-0.25, -0.2) is 0 Å². The van der Waals surface area contributed by atoms with E-state index in [0.29, 0.717) is 11.3 Å². The Morgan fingerprint density at radius 2 is 2.13 bits per heavy atom. The first kappa shape index (κ1) is 12.8. The van der Waals surface area contributed by atoms with Crippen LogP contribution in [0.15, 0.2) is 22.7 Å². The lowest BCUT2D eigenvalue weighted by Crippen LogP contribution is -2.20. The van der Waals surface area contributed by atoms with Crippen molar-refractivity contribution in [1.82, 2.24) is 0 Å². The molecule has 0 aliphatic heterocycles. The van der Waals surface area contributed by atoms with Crippen LogP contribution in [0.25, 0.3) is 0 Å².